The van der Waals surface area contributed by atoms with E-state index in [0.29, 0.717) is 6.29 Å². The third-order valence-electron chi connectivity index (χ3n) is 1.36. The lowest BCUT2D eigenvalue weighted by atomic mass is 10.1. The quantitative estimate of drug-likeness (QED) is 0.653. The van der Waals surface area contributed by atoms with Crippen LogP contribution in [0.3, 0.4) is 0 Å². The molecule has 0 heterocycles. The summed E-state index contributed by atoms with van der Waals surface area (Å²) >= 11 is 11.3. The molecule has 0 aromatic heterocycles. The van der Waals surface area contributed by atoms with E-state index in [9.17, 15) is 4.79 Å². The molecule has 60 valence electrons. The standard InChI is InChI=1S/C8H3Cl2NO/c9-7-2-1-5(4-12)8(10)6(7)3-11/h1-2,4H. The number of aldehydes is 1. The minimum Gasteiger partial charge on any atom is -0.298 e. The smallest absolute Gasteiger partial charge is 0.151 e. The number of benzene rings is 1. The lowest BCUT2D eigenvalue weighted by Crippen LogP contribution is -1.86. The highest BCUT2D eigenvalue weighted by molar-refractivity contribution is 6.38. The summed E-state index contributed by atoms with van der Waals surface area (Å²) < 4.78 is 0. The molecule has 1 aromatic carbocycles. The topological polar surface area (TPSA) is 40.9 Å². The Hall–Kier alpha value is -1.04. The summed E-state index contributed by atoms with van der Waals surface area (Å²) in [5.74, 6) is 0. The van der Waals surface area contributed by atoms with Gasteiger partial charge in [-0.25, -0.2) is 0 Å². The molecule has 0 saturated heterocycles. The molecule has 0 unspecified atom stereocenters. The van der Waals surface area contributed by atoms with Crippen molar-refractivity contribution in [1.82, 2.24) is 0 Å². The van der Waals surface area contributed by atoms with Crippen molar-refractivity contribution in [3.63, 3.8) is 0 Å². The Morgan fingerprint density at radius 2 is 2.08 bits per heavy atom. The number of carbonyl (C=O) groups is 1. The summed E-state index contributed by atoms with van der Waals surface area (Å²) in [5.41, 5.74) is 0.417. The van der Waals surface area contributed by atoms with E-state index in [1.165, 1.54) is 12.1 Å². The molecular weight excluding hydrogens is 197 g/mol. The summed E-state index contributed by atoms with van der Waals surface area (Å²) in [6.07, 6.45) is 0.583. The van der Waals surface area contributed by atoms with Gasteiger partial charge in [-0.1, -0.05) is 23.2 Å². The van der Waals surface area contributed by atoms with E-state index in [1.54, 1.807) is 0 Å². The van der Waals surface area contributed by atoms with Crippen molar-refractivity contribution >= 4 is 29.5 Å². The minimum absolute atomic E-state index is 0.111. The van der Waals surface area contributed by atoms with Gasteiger partial charge in [0, 0.05) is 5.56 Å². The van der Waals surface area contributed by atoms with Gasteiger partial charge >= 0.3 is 0 Å². The maximum absolute atomic E-state index is 10.4. The molecule has 0 aliphatic carbocycles. The third-order valence-corrected chi connectivity index (χ3v) is 2.08. The summed E-state index contributed by atoms with van der Waals surface area (Å²) in [6, 6.07) is 4.75. The van der Waals surface area contributed by atoms with Crippen LogP contribution in [0.4, 0.5) is 0 Å². The Kier molecular flexibility index (Phi) is 2.69. The number of hydrogen-bond acceptors (Lipinski definition) is 2. The number of halogens is 2. The van der Waals surface area contributed by atoms with E-state index in [1.807, 2.05) is 6.07 Å². The van der Waals surface area contributed by atoms with Crippen LogP contribution >= 0.6 is 23.2 Å². The fourth-order valence-corrected chi connectivity index (χ4v) is 1.26. The van der Waals surface area contributed by atoms with Gasteiger partial charge in [0.2, 0.25) is 0 Å². The average molecular weight is 200 g/mol. The van der Waals surface area contributed by atoms with Crippen LogP contribution in [0.1, 0.15) is 15.9 Å². The monoisotopic (exact) mass is 199 g/mol. The zero-order valence-electron chi connectivity index (χ0n) is 5.84. The molecule has 0 bridgehead atoms. The molecule has 4 heteroatoms. The summed E-state index contributed by atoms with van der Waals surface area (Å²) in [4.78, 5) is 10.4. The number of hydrogen-bond donors (Lipinski definition) is 0. The van der Waals surface area contributed by atoms with E-state index < -0.39 is 0 Å². The molecule has 0 amide bonds. The second-order valence-electron chi connectivity index (χ2n) is 2.06. The first-order valence-corrected chi connectivity index (χ1v) is 3.79. The van der Waals surface area contributed by atoms with Gasteiger partial charge in [-0.15, -0.1) is 0 Å². The molecule has 0 radical (unpaired) electrons. The van der Waals surface area contributed by atoms with Crippen LogP contribution in [0.15, 0.2) is 12.1 Å². The van der Waals surface area contributed by atoms with Crippen molar-refractivity contribution in [2.75, 3.05) is 0 Å². The van der Waals surface area contributed by atoms with E-state index in [-0.39, 0.29) is 21.2 Å². The van der Waals surface area contributed by atoms with Crippen LogP contribution in [0.25, 0.3) is 0 Å². The summed E-state index contributed by atoms with van der Waals surface area (Å²) in [7, 11) is 0. The first-order chi connectivity index (χ1) is 5.70. The van der Waals surface area contributed by atoms with Crippen molar-refractivity contribution in [1.29, 1.82) is 5.26 Å². The fraction of sp³-hybridized carbons (Fsp3) is 0. The predicted molar refractivity (Wildman–Crippen MR) is 46.6 cm³/mol. The largest absolute Gasteiger partial charge is 0.298 e. The van der Waals surface area contributed by atoms with Crippen molar-refractivity contribution < 1.29 is 4.79 Å². The Morgan fingerprint density at radius 1 is 1.42 bits per heavy atom. The lowest BCUT2D eigenvalue weighted by molar-refractivity contribution is 0.112. The number of rotatable bonds is 1. The summed E-state index contributed by atoms with van der Waals surface area (Å²) in [5, 5.41) is 8.95. The number of nitriles is 1. The Morgan fingerprint density at radius 3 is 2.58 bits per heavy atom. The highest BCUT2D eigenvalue weighted by Gasteiger charge is 2.08. The molecule has 1 aromatic rings. The SMILES string of the molecule is N#Cc1c(Cl)ccc(C=O)c1Cl. The lowest BCUT2D eigenvalue weighted by Gasteiger charge is -1.99. The second kappa shape index (κ2) is 3.57. The molecule has 1 rings (SSSR count). The molecule has 0 aliphatic rings. The van der Waals surface area contributed by atoms with E-state index in [4.69, 9.17) is 28.5 Å². The maximum Gasteiger partial charge on any atom is 0.151 e. The van der Waals surface area contributed by atoms with E-state index in [2.05, 4.69) is 0 Å². The molecule has 0 fully saturated rings. The molecule has 0 N–H and O–H groups in total. The highest BCUT2D eigenvalue weighted by Crippen LogP contribution is 2.26. The van der Waals surface area contributed by atoms with Gasteiger partial charge in [0.25, 0.3) is 0 Å². The Balaban J connectivity index is 3.46. The van der Waals surface area contributed by atoms with Gasteiger partial charge in [-0.3, -0.25) is 4.79 Å². The van der Waals surface area contributed by atoms with Crippen LogP contribution in [-0.4, -0.2) is 6.29 Å². The molecule has 12 heavy (non-hydrogen) atoms. The predicted octanol–water partition coefficient (Wildman–Crippen LogP) is 2.68. The van der Waals surface area contributed by atoms with Crippen LogP contribution < -0.4 is 0 Å². The molecule has 0 saturated carbocycles. The summed E-state index contributed by atoms with van der Waals surface area (Å²) in [6.45, 7) is 0. The third kappa shape index (κ3) is 1.42. The van der Waals surface area contributed by atoms with Gasteiger partial charge in [0.05, 0.1) is 15.6 Å². The van der Waals surface area contributed by atoms with E-state index in [0.717, 1.165) is 0 Å². The zero-order chi connectivity index (χ0) is 9.14. The van der Waals surface area contributed by atoms with Crippen LogP contribution in [0.5, 0.6) is 0 Å². The van der Waals surface area contributed by atoms with Crippen molar-refractivity contribution in [2.24, 2.45) is 0 Å². The van der Waals surface area contributed by atoms with Gasteiger partial charge in [0.1, 0.15) is 6.07 Å². The van der Waals surface area contributed by atoms with Gasteiger partial charge in [0.15, 0.2) is 6.29 Å². The number of nitrogens with zero attached hydrogens (tertiary/aromatic N) is 1. The van der Waals surface area contributed by atoms with Crippen LogP contribution in [-0.2, 0) is 0 Å². The van der Waals surface area contributed by atoms with Crippen LogP contribution in [0.2, 0.25) is 10.0 Å². The highest BCUT2D eigenvalue weighted by atomic mass is 35.5. The molecule has 2 nitrogen and oxygen atoms in total. The maximum atomic E-state index is 10.4. The first kappa shape index (κ1) is 9.05. The molecular formula is C8H3Cl2NO. The molecule has 0 aliphatic heterocycles. The fourth-order valence-electron chi connectivity index (χ4n) is 0.762. The Bertz CT molecular complexity index is 368. The zero-order valence-corrected chi connectivity index (χ0v) is 7.36. The van der Waals surface area contributed by atoms with Crippen molar-refractivity contribution in [3.05, 3.63) is 33.3 Å². The first-order valence-electron chi connectivity index (χ1n) is 3.04. The van der Waals surface area contributed by atoms with Crippen molar-refractivity contribution in [3.8, 4) is 6.07 Å². The van der Waals surface area contributed by atoms with Crippen molar-refractivity contribution in [2.45, 2.75) is 0 Å². The van der Waals surface area contributed by atoms with Gasteiger partial charge in [-0.2, -0.15) is 5.26 Å². The second-order valence-corrected chi connectivity index (χ2v) is 2.84. The van der Waals surface area contributed by atoms with Gasteiger partial charge < -0.3 is 0 Å². The molecule has 0 spiro atoms. The molecule has 0 atom stereocenters. The number of carbonyl (C=O) groups excluding carboxylic acids is 1. The van der Waals surface area contributed by atoms with Crippen LogP contribution in [0, 0.1) is 11.3 Å². The normalized spacial score (nSPS) is 9.08. The average Bonchev–Trinajstić information content (AvgIpc) is 2.06. The van der Waals surface area contributed by atoms with Gasteiger partial charge in [-0.05, 0) is 12.1 Å². The minimum atomic E-state index is 0.111. The Labute approximate surface area is 79.3 Å². The van der Waals surface area contributed by atoms with E-state index >= 15 is 0 Å².